The van der Waals surface area contributed by atoms with E-state index in [4.69, 9.17) is 4.74 Å². The maximum absolute atomic E-state index is 14.2. The Hall–Kier alpha value is -4.97. The quantitative estimate of drug-likeness (QED) is 0.169. The molecule has 0 aliphatic heterocycles. The van der Waals surface area contributed by atoms with Crippen molar-refractivity contribution in [3.63, 3.8) is 0 Å². The van der Waals surface area contributed by atoms with E-state index in [0.717, 1.165) is 27.9 Å². The Morgan fingerprint density at radius 3 is 1.97 bits per heavy atom. The number of carbonyl (C=O) groups excluding carboxylic acids is 2. The number of rotatable bonds is 10. The standard InChI is InChI=1S/C33H29N3O3/c37-32(30(20-27-21-34-23-35-27)36-33(38)39-22-24-12-4-1-5-13-24)29-19-11-10-18-28(29)31(25-14-6-2-7-15-25)26-16-8-3-9-17-26/h1-19,21,23,30-31H,20,22H2,(H,34,35)(H,36,38)/t30-/m0/s1. The summed E-state index contributed by atoms with van der Waals surface area (Å²) >= 11 is 0. The van der Waals surface area contributed by atoms with Crippen LogP contribution in [0.3, 0.4) is 0 Å². The number of alkyl carbamates (subject to hydrolysis) is 1. The van der Waals surface area contributed by atoms with Crippen LogP contribution in [-0.4, -0.2) is 27.9 Å². The lowest BCUT2D eigenvalue weighted by Crippen LogP contribution is -2.43. The van der Waals surface area contributed by atoms with E-state index in [0.29, 0.717) is 5.56 Å². The van der Waals surface area contributed by atoms with Crippen LogP contribution in [0.25, 0.3) is 0 Å². The molecule has 0 unspecified atom stereocenters. The van der Waals surface area contributed by atoms with Gasteiger partial charge >= 0.3 is 6.09 Å². The van der Waals surface area contributed by atoms with Gasteiger partial charge in [-0.3, -0.25) is 4.79 Å². The first-order chi connectivity index (χ1) is 19.2. The number of hydrogen-bond acceptors (Lipinski definition) is 4. The fraction of sp³-hybridized carbons (Fsp3) is 0.121. The first-order valence-corrected chi connectivity index (χ1v) is 12.9. The second-order valence-corrected chi connectivity index (χ2v) is 9.25. The fourth-order valence-electron chi connectivity index (χ4n) is 4.74. The minimum Gasteiger partial charge on any atom is -0.445 e. The van der Waals surface area contributed by atoms with Gasteiger partial charge in [0.2, 0.25) is 0 Å². The molecule has 2 N–H and O–H groups in total. The average Bonchev–Trinajstić information content (AvgIpc) is 3.51. The minimum atomic E-state index is -0.859. The molecule has 0 spiro atoms. The van der Waals surface area contributed by atoms with Crippen molar-refractivity contribution in [1.29, 1.82) is 0 Å². The summed E-state index contributed by atoms with van der Waals surface area (Å²) in [7, 11) is 0. The second-order valence-electron chi connectivity index (χ2n) is 9.25. The number of hydrogen-bond donors (Lipinski definition) is 2. The van der Waals surface area contributed by atoms with Crippen molar-refractivity contribution in [2.75, 3.05) is 0 Å². The van der Waals surface area contributed by atoms with E-state index < -0.39 is 12.1 Å². The van der Waals surface area contributed by atoms with Gasteiger partial charge in [0.05, 0.1) is 6.33 Å². The number of nitrogens with one attached hydrogen (secondary N) is 2. The van der Waals surface area contributed by atoms with Crippen molar-refractivity contribution in [2.24, 2.45) is 0 Å². The number of nitrogens with zero attached hydrogens (tertiary/aromatic N) is 1. The first-order valence-electron chi connectivity index (χ1n) is 12.9. The maximum atomic E-state index is 14.2. The molecular formula is C33H29N3O3. The van der Waals surface area contributed by atoms with Crippen LogP contribution >= 0.6 is 0 Å². The molecule has 0 fully saturated rings. The van der Waals surface area contributed by atoms with Gasteiger partial charge in [-0.05, 0) is 22.3 Å². The second kappa shape index (κ2) is 12.5. The predicted molar refractivity (Wildman–Crippen MR) is 150 cm³/mol. The highest BCUT2D eigenvalue weighted by Crippen LogP contribution is 2.34. The lowest BCUT2D eigenvalue weighted by Gasteiger charge is -2.24. The van der Waals surface area contributed by atoms with E-state index in [9.17, 15) is 9.59 Å². The Morgan fingerprint density at radius 1 is 0.769 bits per heavy atom. The summed E-state index contributed by atoms with van der Waals surface area (Å²) in [5, 5.41) is 2.81. The van der Waals surface area contributed by atoms with Crippen LogP contribution < -0.4 is 5.32 Å². The molecule has 0 aliphatic carbocycles. The molecule has 6 heteroatoms. The van der Waals surface area contributed by atoms with Crippen LogP contribution in [0.1, 0.15) is 44.2 Å². The summed E-state index contributed by atoms with van der Waals surface area (Å²) in [4.78, 5) is 34.1. The molecule has 39 heavy (non-hydrogen) atoms. The van der Waals surface area contributed by atoms with Gasteiger partial charge in [-0.1, -0.05) is 115 Å². The Balaban J connectivity index is 1.46. The third-order valence-electron chi connectivity index (χ3n) is 6.60. The van der Waals surface area contributed by atoms with Gasteiger partial charge in [-0.2, -0.15) is 0 Å². The molecule has 0 aliphatic rings. The largest absolute Gasteiger partial charge is 0.445 e. The zero-order valence-corrected chi connectivity index (χ0v) is 21.4. The van der Waals surface area contributed by atoms with Gasteiger partial charge in [0.15, 0.2) is 5.78 Å². The van der Waals surface area contributed by atoms with E-state index in [-0.39, 0.29) is 24.7 Å². The molecule has 1 amide bonds. The van der Waals surface area contributed by atoms with Gasteiger partial charge in [0.1, 0.15) is 12.6 Å². The number of ether oxygens (including phenoxy) is 1. The molecule has 5 rings (SSSR count). The van der Waals surface area contributed by atoms with Gasteiger partial charge in [0.25, 0.3) is 0 Å². The van der Waals surface area contributed by atoms with E-state index in [1.54, 1.807) is 12.5 Å². The molecule has 194 valence electrons. The minimum absolute atomic E-state index is 0.109. The van der Waals surface area contributed by atoms with E-state index in [2.05, 4.69) is 39.6 Å². The lowest BCUT2D eigenvalue weighted by molar-refractivity contribution is 0.0915. The SMILES string of the molecule is O=C(N[C@@H](Cc1cnc[nH]1)C(=O)c1ccccc1C(c1ccccc1)c1ccccc1)OCc1ccccc1. The summed E-state index contributed by atoms with van der Waals surface area (Å²) in [5.74, 6) is -0.362. The highest BCUT2D eigenvalue weighted by atomic mass is 16.5. The van der Waals surface area contributed by atoms with Gasteiger partial charge < -0.3 is 15.0 Å². The summed E-state index contributed by atoms with van der Waals surface area (Å²) < 4.78 is 5.45. The molecule has 1 aromatic heterocycles. The molecule has 5 aromatic rings. The number of Topliss-reactive ketones (excluding diaryl/α,β-unsaturated/α-hetero) is 1. The van der Waals surface area contributed by atoms with Gasteiger partial charge in [-0.15, -0.1) is 0 Å². The molecule has 4 aromatic carbocycles. The summed E-state index contributed by atoms with van der Waals surface area (Å²) in [6.07, 6.45) is 2.80. The summed E-state index contributed by atoms with van der Waals surface area (Å²) in [5.41, 5.74) is 5.16. The fourth-order valence-corrected chi connectivity index (χ4v) is 4.74. The van der Waals surface area contributed by atoms with Crippen molar-refractivity contribution in [2.45, 2.75) is 25.0 Å². The third-order valence-corrected chi connectivity index (χ3v) is 6.60. The zero-order chi connectivity index (χ0) is 26.9. The van der Waals surface area contributed by atoms with E-state index in [1.165, 1.54) is 0 Å². The summed E-state index contributed by atoms with van der Waals surface area (Å²) in [6, 6.07) is 36.4. The highest BCUT2D eigenvalue weighted by molar-refractivity contribution is 6.03. The van der Waals surface area contributed by atoms with Crippen LogP contribution in [0.2, 0.25) is 0 Å². The van der Waals surface area contributed by atoms with Crippen molar-refractivity contribution in [3.05, 3.63) is 161 Å². The molecule has 0 saturated carbocycles. The topological polar surface area (TPSA) is 84.1 Å². The normalized spacial score (nSPS) is 11.6. The number of carbonyl (C=O) groups is 2. The summed E-state index contributed by atoms with van der Waals surface area (Å²) in [6.45, 7) is 0.109. The van der Waals surface area contributed by atoms with E-state index >= 15 is 0 Å². The van der Waals surface area contributed by atoms with Crippen LogP contribution in [0.4, 0.5) is 4.79 Å². The molecule has 6 nitrogen and oxygen atoms in total. The van der Waals surface area contributed by atoms with Gasteiger partial charge in [0, 0.05) is 29.8 Å². The number of imidazole rings is 1. The van der Waals surface area contributed by atoms with Crippen LogP contribution in [0.5, 0.6) is 0 Å². The molecule has 0 radical (unpaired) electrons. The third kappa shape index (κ3) is 6.48. The lowest BCUT2D eigenvalue weighted by atomic mass is 9.81. The van der Waals surface area contributed by atoms with Crippen LogP contribution in [0.15, 0.2) is 128 Å². The van der Waals surface area contributed by atoms with Crippen LogP contribution in [0, 0.1) is 0 Å². The van der Waals surface area contributed by atoms with Crippen molar-refractivity contribution in [3.8, 4) is 0 Å². The number of benzene rings is 4. The Morgan fingerprint density at radius 2 is 1.36 bits per heavy atom. The number of H-pyrrole nitrogens is 1. The monoisotopic (exact) mass is 515 g/mol. The molecule has 0 bridgehead atoms. The highest BCUT2D eigenvalue weighted by Gasteiger charge is 2.29. The maximum Gasteiger partial charge on any atom is 0.408 e. The van der Waals surface area contributed by atoms with Crippen molar-refractivity contribution in [1.82, 2.24) is 15.3 Å². The Bertz CT molecular complexity index is 1450. The Kier molecular flexibility index (Phi) is 8.24. The molecule has 1 heterocycles. The zero-order valence-electron chi connectivity index (χ0n) is 21.4. The van der Waals surface area contributed by atoms with Gasteiger partial charge in [-0.25, -0.2) is 9.78 Å². The van der Waals surface area contributed by atoms with Crippen molar-refractivity contribution < 1.29 is 14.3 Å². The smallest absolute Gasteiger partial charge is 0.408 e. The average molecular weight is 516 g/mol. The predicted octanol–water partition coefficient (Wildman–Crippen LogP) is 6.31. The molecule has 1 atom stereocenters. The number of amides is 1. The Labute approximate surface area is 227 Å². The van der Waals surface area contributed by atoms with E-state index in [1.807, 2.05) is 91.0 Å². The first kappa shape index (κ1) is 25.7. The number of aromatic nitrogens is 2. The van der Waals surface area contributed by atoms with Crippen molar-refractivity contribution >= 4 is 11.9 Å². The molecular weight excluding hydrogens is 486 g/mol. The number of ketones is 1. The number of aromatic amines is 1. The molecule has 0 saturated heterocycles. The van der Waals surface area contributed by atoms with Crippen LogP contribution in [-0.2, 0) is 17.8 Å².